The molecule has 2 heterocycles. The van der Waals surface area contributed by atoms with Crippen LogP contribution in [0.5, 0.6) is 11.5 Å². The van der Waals surface area contributed by atoms with Crippen molar-refractivity contribution in [3.63, 3.8) is 0 Å². The first kappa shape index (κ1) is 17.9. The van der Waals surface area contributed by atoms with Crippen molar-refractivity contribution < 1.29 is 14.3 Å². The van der Waals surface area contributed by atoms with E-state index < -0.39 is 6.10 Å². The van der Waals surface area contributed by atoms with Crippen molar-refractivity contribution in [3.05, 3.63) is 60.2 Å². The summed E-state index contributed by atoms with van der Waals surface area (Å²) < 4.78 is 11.5. The second-order valence-electron chi connectivity index (χ2n) is 7.12. The Hall–Kier alpha value is -2.53. The van der Waals surface area contributed by atoms with E-state index in [1.165, 1.54) is 5.56 Å². The number of hydrogen-bond donors (Lipinski definition) is 0. The van der Waals surface area contributed by atoms with Gasteiger partial charge in [0.05, 0.1) is 0 Å². The average Bonchev–Trinajstić information content (AvgIpc) is 2.74. The first-order chi connectivity index (χ1) is 13.3. The van der Waals surface area contributed by atoms with Crippen molar-refractivity contribution in [2.75, 3.05) is 39.3 Å². The Morgan fingerprint density at radius 1 is 0.926 bits per heavy atom. The molecule has 2 aliphatic heterocycles. The van der Waals surface area contributed by atoms with E-state index in [0.29, 0.717) is 11.5 Å². The summed E-state index contributed by atoms with van der Waals surface area (Å²) in [6.07, 6.45) is 1.71. The van der Waals surface area contributed by atoms with Gasteiger partial charge in [0.2, 0.25) is 6.10 Å². The first-order valence-electron chi connectivity index (χ1n) is 9.73. The van der Waals surface area contributed by atoms with Crippen molar-refractivity contribution in [1.29, 1.82) is 0 Å². The van der Waals surface area contributed by atoms with Crippen LogP contribution in [0.1, 0.15) is 12.0 Å². The number of hydrogen-bond acceptors (Lipinski definition) is 4. The molecule has 2 aromatic carbocycles. The van der Waals surface area contributed by atoms with E-state index in [0.717, 1.165) is 45.6 Å². The first-order valence-corrected chi connectivity index (χ1v) is 9.73. The zero-order valence-electron chi connectivity index (χ0n) is 15.5. The lowest BCUT2D eigenvalue weighted by atomic mass is 10.1. The Morgan fingerprint density at radius 3 is 2.41 bits per heavy atom. The van der Waals surface area contributed by atoms with Crippen LogP contribution in [0, 0.1) is 0 Å². The van der Waals surface area contributed by atoms with Gasteiger partial charge in [0.1, 0.15) is 6.61 Å². The molecule has 5 heteroatoms. The number of benzene rings is 2. The molecule has 2 aromatic rings. The molecular weight excluding hydrogens is 340 g/mol. The maximum atomic E-state index is 12.8. The summed E-state index contributed by atoms with van der Waals surface area (Å²) in [5.74, 6) is 1.40. The Bertz CT molecular complexity index is 757. The number of fused-ring (bicyclic) bond motifs is 1. The summed E-state index contributed by atoms with van der Waals surface area (Å²) in [7, 11) is 0. The number of carbonyl (C=O) groups excluding carboxylic acids is 1. The smallest absolute Gasteiger partial charge is 0.267 e. The summed E-state index contributed by atoms with van der Waals surface area (Å²) in [5.41, 5.74) is 1.39. The van der Waals surface area contributed by atoms with E-state index in [4.69, 9.17) is 9.47 Å². The van der Waals surface area contributed by atoms with Gasteiger partial charge in [-0.25, -0.2) is 0 Å². The molecule has 27 heavy (non-hydrogen) atoms. The van der Waals surface area contributed by atoms with Crippen molar-refractivity contribution in [2.24, 2.45) is 0 Å². The summed E-state index contributed by atoms with van der Waals surface area (Å²) in [6.45, 7) is 4.72. The molecule has 0 radical (unpaired) electrons. The molecule has 142 valence electrons. The molecule has 0 aliphatic carbocycles. The van der Waals surface area contributed by atoms with Crippen LogP contribution in [0.4, 0.5) is 0 Å². The fraction of sp³-hybridized carbons (Fsp3) is 0.409. The average molecular weight is 366 g/mol. The highest BCUT2D eigenvalue weighted by Gasteiger charge is 2.32. The quantitative estimate of drug-likeness (QED) is 0.816. The van der Waals surface area contributed by atoms with E-state index in [1.54, 1.807) is 0 Å². The van der Waals surface area contributed by atoms with Crippen LogP contribution in [0.3, 0.4) is 0 Å². The Kier molecular flexibility index (Phi) is 5.58. The molecule has 0 bridgehead atoms. The predicted molar refractivity (Wildman–Crippen MR) is 104 cm³/mol. The van der Waals surface area contributed by atoms with Gasteiger partial charge in [-0.05, 0) is 37.1 Å². The minimum atomic E-state index is -0.537. The Morgan fingerprint density at radius 2 is 1.63 bits per heavy atom. The third-order valence-corrected chi connectivity index (χ3v) is 5.25. The number of ether oxygens (including phenoxy) is 2. The topological polar surface area (TPSA) is 42.0 Å². The number of nitrogens with zero attached hydrogens (tertiary/aromatic N) is 2. The van der Waals surface area contributed by atoms with Gasteiger partial charge in [-0.2, -0.15) is 0 Å². The zero-order chi connectivity index (χ0) is 18.5. The van der Waals surface area contributed by atoms with Crippen molar-refractivity contribution in [3.8, 4) is 11.5 Å². The summed E-state index contributed by atoms with van der Waals surface area (Å²) in [4.78, 5) is 17.1. The third kappa shape index (κ3) is 4.42. The number of amides is 1. The van der Waals surface area contributed by atoms with Gasteiger partial charge in [-0.1, -0.05) is 42.5 Å². The highest BCUT2D eigenvalue weighted by molar-refractivity contribution is 5.82. The van der Waals surface area contributed by atoms with E-state index in [9.17, 15) is 4.79 Å². The number of carbonyl (C=O) groups is 1. The summed E-state index contributed by atoms with van der Waals surface area (Å²) in [5, 5.41) is 0. The number of aryl methyl sites for hydroxylation is 1. The largest absolute Gasteiger partial charge is 0.485 e. The number of para-hydroxylation sites is 2. The minimum Gasteiger partial charge on any atom is -0.485 e. The van der Waals surface area contributed by atoms with Gasteiger partial charge >= 0.3 is 0 Å². The van der Waals surface area contributed by atoms with Crippen LogP contribution in [-0.4, -0.2) is 61.1 Å². The third-order valence-electron chi connectivity index (χ3n) is 5.25. The van der Waals surface area contributed by atoms with Crippen LogP contribution in [-0.2, 0) is 11.2 Å². The molecule has 5 nitrogen and oxygen atoms in total. The van der Waals surface area contributed by atoms with Gasteiger partial charge in [0, 0.05) is 26.2 Å². The molecule has 4 rings (SSSR count). The second kappa shape index (κ2) is 8.44. The van der Waals surface area contributed by atoms with Gasteiger partial charge in [-0.3, -0.25) is 9.69 Å². The maximum absolute atomic E-state index is 12.8. The van der Waals surface area contributed by atoms with Gasteiger partial charge in [0.25, 0.3) is 5.91 Å². The van der Waals surface area contributed by atoms with E-state index in [1.807, 2.05) is 29.2 Å². The zero-order valence-corrected chi connectivity index (χ0v) is 15.5. The molecule has 0 N–H and O–H groups in total. The highest BCUT2D eigenvalue weighted by Crippen LogP contribution is 2.31. The standard InChI is InChI=1S/C22H26N2O3/c25-22(21-17-26-19-10-4-5-11-20(19)27-21)24-15-13-23(14-16-24)12-6-9-18-7-2-1-3-8-18/h1-5,7-8,10-11,21H,6,9,12-17H2. The second-order valence-corrected chi connectivity index (χ2v) is 7.12. The number of rotatable bonds is 5. The van der Waals surface area contributed by atoms with E-state index >= 15 is 0 Å². The van der Waals surface area contributed by atoms with Crippen molar-refractivity contribution in [1.82, 2.24) is 9.80 Å². The van der Waals surface area contributed by atoms with E-state index in [-0.39, 0.29) is 12.5 Å². The van der Waals surface area contributed by atoms with Gasteiger partial charge in [0.15, 0.2) is 11.5 Å². The monoisotopic (exact) mass is 366 g/mol. The minimum absolute atomic E-state index is 0.0356. The van der Waals surface area contributed by atoms with Crippen LogP contribution in [0.25, 0.3) is 0 Å². The van der Waals surface area contributed by atoms with Gasteiger partial charge < -0.3 is 14.4 Å². The Balaban J connectivity index is 1.22. The molecule has 0 aromatic heterocycles. The van der Waals surface area contributed by atoms with Crippen LogP contribution >= 0.6 is 0 Å². The van der Waals surface area contributed by atoms with E-state index in [2.05, 4.69) is 35.2 Å². The molecule has 0 spiro atoms. The molecule has 1 fully saturated rings. The lowest BCUT2D eigenvalue weighted by Gasteiger charge is -2.37. The van der Waals surface area contributed by atoms with Crippen LogP contribution in [0.2, 0.25) is 0 Å². The summed E-state index contributed by atoms with van der Waals surface area (Å²) in [6, 6.07) is 18.1. The van der Waals surface area contributed by atoms with Gasteiger partial charge in [-0.15, -0.1) is 0 Å². The fourth-order valence-corrected chi connectivity index (χ4v) is 3.69. The molecule has 1 atom stereocenters. The van der Waals surface area contributed by atoms with Crippen LogP contribution in [0.15, 0.2) is 54.6 Å². The predicted octanol–water partition coefficient (Wildman–Crippen LogP) is 2.60. The fourth-order valence-electron chi connectivity index (χ4n) is 3.69. The molecule has 1 saturated heterocycles. The SMILES string of the molecule is O=C(C1COc2ccccc2O1)N1CCN(CCCc2ccccc2)CC1. The highest BCUT2D eigenvalue weighted by atomic mass is 16.6. The molecule has 1 unspecified atom stereocenters. The lowest BCUT2D eigenvalue weighted by Crippen LogP contribution is -2.54. The van der Waals surface area contributed by atoms with Crippen molar-refractivity contribution >= 4 is 5.91 Å². The number of piperazine rings is 1. The molecule has 1 amide bonds. The molecule has 2 aliphatic rings. The lowest BCUT2D eigenvalue weighted by molar-refractivity contribution is -0.143. The molecule has 0 saturated carbocycles. The maximum Gasteiger partial charge on any atom is 0.267 e. The van der Waals surface area contributed by atoms with Crippen LogP contribution < -0.4 is 9.47 Å². The Labute approximate surface area is 160 Å². The molecular formula is C22H26N2O3. The normalized spacial score (nSPS) is 19.7. The van der Waals surface area contributed by atoms with Crippen molar-refractivity contribution in [2.45, 2.75) is 18.9 Å². The summed E-state index contributed by atoms with van der Waals surface area (Å²) >= 11 is 0.